The zero-order valence-corrected chi connectivity index (χ0v) is 23.5. The number of hydrogen-bond acceptors (Lipinski definition) is 8. The van der Waals surface area contributed by atoms with Crippen LogP contribution in [0, 0.1) is 6.92 Å². The molecule has 2 heterocycles. The lowest BCUT2D eigenvalue weighted by Crippen LogP contribution is -2.31. The van der Waals surface area contributed by atoms with Crippen molar-refractivity contribution in [2.45, 2.75) is 56.3 Å². The van der Waals surface area contributed by atoms with Crippen LogP contribution in [0.4, 0.5) is 0 Å². The highest BCUT2D eigenvalue weighted by molar-refractivity contribution is 8.01. The molecule has 0 bridgehead atoms. The molecule has 2 N–H and O–H groups in total. The van der Waals surface area contributed by atoms with Crippen LogP contribution in [0.25, 0.3) is 11.1 Å². The van der Waals surface area contributed by atoms with E-state index in [0.29, 0.717) is 13.0 Å². The van der Waals surface area contributed by atoms with Crippen molar-refractivity contribution in [2.24, 2.45) is 0 Å². The predicted molar refractivity (Wildman–Crippen MR) is 153 cm³/mol. The van der Waals surface area contributed by atoms with E-state index < -0.39 is 6.29 Å². The molecular formula is C30H31N3O4S2. The Morgan fingerprint density at radius 1 is 1.03 bits per heavy atom. The van der Waals surface area contributed by atoms with E-state index in [1.165, 1.54) is 6.92 Å². The number of thioether (sulfide) groups is 1. The third-order valence-corrected chi connectivity index (χ3v) is 8.66. The molecule has 1 aliphatic heterocycles. The summed E-state index contributed by atoms with van der Waals surface area (Å²) in [5.74, 6) is 0.690. The van der Waals surface area contributed by atoms with Crippen molar-refractivity contribution in [3.8, 4) is 11.1 Å². The number of aryl methyl sites for hydroxylation is 1. The van der Waals surface area contributed by atoms with Gasteiger partial charge in [0.1, 0.15) is 5.01 Å². The summed E-state index contributed by atoms with van der Waals surface area (Å²) in [5, 5.41) is 21.6. The number of carbonyl (C=O) groups excluding carboxylic acids is 1. The van der Waals surface area contributed by atoms with Crippen molar-refractivity contribution in [3.63, 3.8) is 0 Å². The minimum atomic E-state index is -0.522. The van der Waals surface area contributed by atoms with Gasteiger partial charge in [0.2, 0.25) is 5.91 Å². The molecule has 5 rings (SSSR count). The average molecular weight is 562 g/mol. The standard InChI is InChI=1S/C30H31N3O4S2/c1-19(35)31-16-25-5-3-4-6-27(25)22-11-13-24(14-12-22)29-36-26(18-38-30-33-32-20(2)39-30)15-28(37-29)23-9-7-21(17-34)8-10-23/h3-14,26,28-29,34H,15-18H2,1-2H3,(H,31,35)/t26-,28+,29+/m0/s1. The van der Waals surface area contributed by atoms with Gasteiger partial charge in [-0.3, -0.25) is 4.79 Å². The lowest BCUT2D eigenvalue weighted by atomic mass is 9.98. The zero-order valence-electron chi connectivity index (χ0n) is 21.9. The summed E-state index contributed by atoms with van der Waals surface area (Å²) in [6.07, 6.45) is 0.00972. The molecule has 202 valence electrons. The Hall–Kier alpha value is -3.08. The number of amides is 1. The summed E-state index contributed by atoms with van der Waals surface area (Å²) in [6, 6.07) is 24.2. The van der Waals surface area contributed by atoms with Gasteiger partial charge >= 0.3 is 0 Å². The summed E-state index contributed by atoms with van der Waals surface area (Å²) in [7, 11) is 0. The number of nitrogens with one attached hydrogen (secondary N) is 1. The molecule has 0 saturated carbocycles. The Bertz CT molecular complexity index is 1390. The molecular weight excluding hydrogens is 530 g/mol. The summed E-state index contributed by atoms with van der Waals surface area (Å²) in [5.41, 5.74) is 6.07. The van der Waals surface area contributed by atoms with Gasteiger partial charge in [0.25, 0.3) is 0 Å². The first-order valence-corrected chi connectivity index (χ1v) is 14.6. The van der Waals surface area contributed by atoms with Crippen LogP contribution in [0.5, 0.6) is 0 Å². The average Bonchev–Trinajstić information content (AvgIpc) is 3.40. The summed E-state index contributed by atoms with van der Waals surface area (Å²) in [6.45, 7) is 3.97. The Balaban J connectivity index is 1.36. The van der Waals surface area contributed by atoms with E-state index in [-0.39, 0.29) is 24.7 Å². The van der Waals surface area contributed by atoms with Crippen LogP contribution >= 0.6 is 23.1 Å². The molecule has 1 amide bonds. The number of aliphatic hydroxyl groups excluding tert-OH is 1. The molecule has 0 unspecified atom stereocenters. The third kappa shape index (κ3) is 7.12. The van der Waals surface area contributed by atoms with Gasteiger partial charge in [-0.1, -0.05) is 95.9 Å². The SMILES string of the molecule is CC(=O)NCc1ccccc1-c1ccc([C@@H]2O[C@H](CSc3nnc(C)s3)C[C@H](c3ccc(CO)cc3)O2)cc1. The number of benzene rings is 3. The van der Waals surface area contributed by atoms with Crippen LogP contribution in [0.2, 0.25) is 0 Å². The molecule has 4 aromatic rings. The molecule has 9 heteroatoms. The summed E-state index contributed by atoms with van der Waals surface area (Å²) < 4.78 is 13.9. The van der Waals surface area contributed by atoms with Crippen molar-refractivity contribution < 1.29 is 19.4 Å². The Labute approximate surface area is 236 Å². The van der Waals surface area contributed by atoms with Gasteiger partial charge in [-0.2, -0.15) is 0 Å². The fourth-order valence-corrected chi connectivity index (χ4v) is 6.38. The highest BCUT2D eigenvalue weighted by Crippen LogP contribution is 2.40. The number of aromatic nitrogens is 2. The first-order chi connectivity index (χ1) is 19.0. The van der Waals surface area contributed by atoms with Gasteiger partial charge < -0.3 is 19.9 Å². The summed E-state index contributed by atoms with van der Waals surface area (Å²) >= 11 is 3.25. The number of aliphatic hydroxyl groups is 1. The fraction of sp³-hybridized carbons (Fsp3) is 0.300. The van der Waals surface area contributed by atoms with Gasteiger partial charge in [0.15, 0.2) is 10.6 Å². The molecule has 3 atom stereocenters. The van der Waals surface area contributed by atoms with Crippen LogP contribution in [0.1, 0.15) is 53.0 Å². The highest BCUT2D eigenvalue weighted by Gasteiger charge is 2.32. The molecule has 0 radical (unpaired) electrons. The molecule has 0 spiro atoms. The highest BCUT2D eigenvalue weighted by atomic mass is 32.2. The van der Waals surface area contributed by atoms with E-state index in [2.05, 4.69) is 33.7 Å². The molecule has 3 aromatic carbocycles. The van der Waals surface area contributed by atoms with Gasteiger partial charge in [-0.05, 0) is 34.7 Å². The van der Waals surface area contributed by atoms with Gasteiger partial charge in [-0.15, -0.1) is 10.2 Å². The van der Waals surface area contributed by atoms with E-state index in [9.17, 15) is 9.90 Å². The Morgan fingerprint density at radius 3 is 2.46 bits per heavy atom. The molecule has 1 saturated heterocycles. The van der Waals surface area contributed by atoms with Gasteiger partial charge in [-0.25, -0.2) is 0 Å². The number of hydrogen-bond donors (Lipinski definition) is 2. The van der Waals surface area contributed by atoms with Crippen molar-refractivity contribution in [1.29, 1.82) is 0 Å². The number of nitrogens with zero attached hydrogens (tertiary/aromatic N) is 2. The Kier molecular flexibility index (Phi) is 9.06. The maximum Gasteiger partial charge on any atom is 0.217 e. The van der Waals surface area contributed by atoms with Crippen LogP contribution in [-0.4, -0.2) is 33.1 Å². The third-order valence-electron chi connectivity index (χ3n) is 6.55. The maximum absolute atomic E-state index is 11.4. The Morgan fingerprint density at radius 2 is 1.77 bits per heavy atom. The van der Waals surface area contributed by atoms with E-state index in [1.54, 1.807) is 23.1 Å². The van der Waals surface area contributed by atoms with Crippen LogP contribution in [0.15, 0.2) is 77.1 Å². The zero-order chi connectivity index (χ0) is 27.2. The molecule has 39 heavy (non-hydrogen) atoms. The first-order valence-electron chi connectivity index (χ1n) is 12.8. The second kappa shape index (κ2) is 12.8. The lowest BCUT2D eigenvalue weighted by Gasteiger charge is -2.36. The summed E-state index contributed by atoms with van der Waals surface area (Å²) in [4.78, 5) is 11.4. The quantitative estimate of drug-likeness (QED) is 0.243. The monoisotopic (exact) mass is 561 g/mol. The lowest BCUT2D eigenvalue weighted by molar-refractivity contribution is -0.245. The second-order valence-corrected chi connectivity index (χ2v) is 11.9. The largest absolute Gasteiger partial charge is 0.392 e. The molecule has 1 aromatic heterocycles. The molecule has 7 nitrogen and oxygen atoms in total. The van der Waals surface area contributed by atoms with Gasteiger partial charge in [0, 0.05) is 31.2 Å². The topological polar surface area (TPSA) is 93.6 Å². The number of carbonyl (C=O) groups is 1. The van der Waals surface area contributed by atoms with E-state index in [4.69, 9.17) is 9.47 Å². The second-order valence-electron chi connectivity index (χ2n) is 9.44. The minimum Gasteiger partial charge on any atom is -0.392 e. The van der Waals surface area contributed by atoms with E-state index >= 15 is 0 Å². The molecule has 0 aliphatic carbocycles. The number of ether oxygens (including phenoxy) is 2. The normalized spacial score (nSPS) is 19.1. The first kappa shape index (κ1) is 27.5. The van der Waals surface area contributed by atoms with E-state index in [1.807, 2.05) is 61.5 Å². The van der Waals surface area contributed by atoms with Crippen LogP contribution in [-0.2, 0) is 27.4 Å². The maximum atomic E-state index is 11.4. The van der Waals surface area contributed by atoms with E-state index in [0.717, 1.165) is 48.5 Å². The minimum absolute atomic E-state index is 0.0123. The van der Waals surface area contributed by atoms with Crippen LogP contribution in [0.3, 0.4) is 0 Å². The predicted octanol–water partition coefficient (Wildman–Crippen LogP) is 5.98. The van der Waals surface area contributed by atoms with Crippen LogP contribution < -0.4 is 5.32 Å². The molecule has 1 fully saturated rings. The number of rotatable bonds is 9. The van der Waals surface area contributed by atoms with Gasteiger partial charge in [0.05, 0.1) is 18.8 Å². The van der Waals surface area contributed by atoms with Crippen molar-refractivity contribution in [2.75, 3.05) is 5.75 Å². The van der Waals surface area contributed by atoms with Crippen molar-refractivity contribution in [1.82, 2.24) is 15.5 Å². The van der Waals surface area contributed by atoms with Crippen molar-refractivity contribution in [3.05, 3.63) is 100 Å². The fourth-order valence-electron chi connectivity index (χ4n) is 4.52. The van der Waals surface area contributed by atoms with Crippen molar-refractivity contribution >= 4 is 29.0 Å². The molecule has 1 aliphatic rings. The smallest absolute Gasteiger partial charge is 0.217 e.